The number of aromatic nitrogens is 1. The third kappa shape index (κ3) is 5.22. The van der Waals surface area contributed by atoms with Crippen LogP contribution in [0.4, 0.5) is 5.88 Å². The third-order valence-corrected chi connectivity index (χ3v) is 6.29. The summed E-state index contributed by atoms with van der Waals surface area (Å²) in [5.74, 6) is 1.41. The van der Waals surface area contributed by atoms with Crippen LogP contribution >= 0.6 is 0 Å². The van der Waals surface area contributed by atoms with Crippen LogP contribution in [0.1, 0.15) is 45.2 Å². The average molecular weight is 438 g/mol. The van der Waals surface area contributed by atoms with E-state index in [1.54, 1.807) is 18.4 Å². The normalized spacial score (nSPS) is 18.3. The molecule has 1 N–H and O–H groups in total. The van der Waals surface area contributed by atoms with E-state index in [9.17, 15) is 10.1 Å². The van der Waals surface area contributed by atoms with Crippen LogP contribution in [-0.2, 0) is 4.79 Å². The highest BCUT2D eigenvalue weighted by Crippen LogP contribution is 2.31. The molecule has 32 heavy (non-hydrogen) atoms. The summed E-state index contributed by atoms with van der Waals surface area (Å²) in [7, 11) is 0. The minimum absolute atomic E-state index is 0.00652. The van der Waals surface area contributed by atoms with Gasteiger partial charge in [-0.15, -0.1) is 0 Å². The Bertz CT molecular complexity index is 968. The monoisotopic (exact) mass is 437 g/mol. The maximum absolute atomic E-state index is 12.8. The number of carbonyl (C=O) groups is 1. The number of hydrogen-bond donors (Lipinski definition) is 1. The fraction of sp³-hybridized carbons (Fsp3) is 0.542. The molecule has 2 saturated heterocycles. The second-order valence-corrected chi connectivity index (χ2v) is 8.89. The first-order valence-corrected chi connectivity index (χ1v) is 11.4. The lowest BCUT2D eigenvalue weighted by atomic mass is 9.94. The van der Waals surface area contributed by atoms with Crippen LogP contribution in [0.2, 0.25) is 0 Å². The number of piperidine rings is 2. The maximum Gasteiger partial charge on any atom is 0.266 e. The van der Waals surface area contributed by atoms with E-state index in [-0.39, 0.29) is 23.6 Å². The summed E-state index contributed by atoms with van der Waals surface area (Å²) in [4.78, 5) is 21.5. The summed E-state index contributed by atoms with van der Waals surface area (Å²) in [6, 6.07) is 5.87. The number of oxazole rings is 1. The summed E-state index contributed by atoms with van der Waals surface area (Å²) in [5.41, 5.74) is 1.59. The molecule has 0 radical (unpaired) electrons. The van der Waals surface area contributed by atoms with E-state index in [2.05, 4.69) is 41.2 Å². The van der Waals surface area contributed by atoms with Crippen LogP contribution in [-0.4, -0.2) is 54.6 Å². The molecule has 0 atom stereocenters. The highest BCUT2D eigenvalue weighted by Gasteiger charge is 2.30. The van der Waals surface area contributed by atoms with Gasteiger partial charge in [0.1, 0.15) is 6.07 Å². The number of carbonyl (C=O) groups excluding carboxylic acids is 1. The molecule has 0 unspecified atom stereocenters. The molecule has 2 aliphatic heterocycles. The Kier molecular flexibility index (Phi) is 6.96. The van der Waals surface area contributed by atoms with Crippen LogP contribution in [0, 0.1) is 17.2 Å². The van der Waals surface area contributed by atoms with Crippen LogP contribution in [0.3, 0.4) is 0 Å². The molecule has 2 aromatic heterocycles. The zero-order chi connectivity index (χ0) is 22.5. The molecule has 0 saturated carbocycles. The quantitative estimate of drug-likeness (QED) is 0.690. The van der Waals surface area contributed by atoms with Crippen molar-refractivity contribution >= 4 is 11.8 Å². The molecule has 170 valence electrons. The van der Waals surface area contributed by atoms with Crippen molar-refractivity contribution in [2.24, 2.45) is 5.92 Å². The molecular formula is C24H31N5O3. The Hall–Kier alpha value is -3.05. The van der Waals surface area contributed by atoms with Gasteiger partial charge in [-0.1, -0.05) is 11.6 Å². The van der Waals surface area contributed by atoms with Gasteiger partial charge < -0.3 is 19.1 Å². The van der Waals surface area contributed by atoms with Gasteiger partial charge in [-0.25, -0.2) is 0 Å². The lowest BCUT2D eigenvalue weighted by molar-refractivity contribution is -0.126. The second-order valence-electron chi connectivity index (χ2n) is 8.89. The number of amides is 1. The van der Waals surface area contributed by atoms with Gasteiger partial charge in [-0.2, -0.15) is 10.2 Å². The number of nitrogens with zero attached hydrogens (tertiary/aromatic N) is 4. The summed E-state index contributed by atoms with van der Waals surface area (Å²) in [6.45, 7) is 8.59. The highest BCUT2D eigenvalue weighted by atomic mass is 16.4. The Labute approximate surface area is 188 Å². The molecule has 0 aliphatic carbocycles. The average Bonchev–Trinajstić information content (AvgIpc) is 3.48. The van der Waals surface area contributed by atoms with Crippen LogP contribution in [0.25, 0.3) is 11.7 Å². The zero-order valence-corrected chi connectivity index (χ0v) is 18.8. The molecule has 1 amide bonds. The molecule has 8 nitrogen and oxygen atoms in total. The topological polar surface area (TPSA) is 98.5 Å². The van der Waals surface area contributed by atoms with Crippen molar-refractivity contribution in [1.82, 2.24) is 15.2 Å². The molecule has 0 aromatic carbocycles. The number of furan rings is 1. The molecule has 4 rings (SSSR count). The Balaban J connectivity index is 1.27. The van der Waals surface area contributed by atoms with Gasteiger partial charge in [0.05, 0.1) is 6.26 Å². The predicted octanol–water partition coefficient (Wildman–Crippen LogP) is 3.57. The number of likely N-dealkylation sites (tertiary alicyclic amines) is 1. The van der Waals surface area contributed by atoms with E-state index in [1.807, 2.05) is 4.90 Å². The fourth-order valence-electron chi connectivity index (χ4n) is 4.34. The minimum Gasteiger partial charge on any atom is -0.459 e. The molecular weight excluding hydrogens is 406 g/mol. The number of allylic oxidation sites excluding steroid dienone is 1. The SMILES string of the molecule is CC(C)=CCN1CCC(NC(=O)C2CCN(c3oc(-c4ccco4)nc3C#N)CC2)CC1. The third-order valence-electron chi connectivity index (χ3n) is 6.29. The van der Waals surface area contributed by atoms with Gasteiger partial charge in [-0.05, 0) is 51.7 Å². The first kappa shape index (κ1) is 22.2. The predicted molar refractivity (Wildman–Crippen MR) is 121 cm³/mol. The van der Waals surface area contributed by atoms with Gasteiger partial charge in [0.2, 0.25) is 17.5 Å². The number of rotatable bonds is 6. The number of hydrogen-bond acceptors (Lipinski definition) is 7. The standard InChI is InChI=1S/C24H31N5O3/c1-17(2)5-10-28-11-8-19(9-12-28)26-22(30)18-6-13-29(14-7-18)24-20(16-25)27-23(32-24)21-4-3-15-31-21/h3-5,15,18-19H,6-14H2,1-2H3,(H,26,30). The molecule has 8 heteroatoms. The van der Waals surface area contributed by atoms with Crippen molar-refractivity contribution in [2.45, 2.75) is 45.6 Å². The van der Waals surface area contributed by atoms with Crippen molar-refractivity contribution in [3.05, 3.63) is 35.7 Å². The first-order chi connectivity index (χ1) is 15.5. The van der Waals surface area contributed by atoms with E-state index >= 15 is 0 Å². The van der Waals surface area contributed by atoms with Crippen LogP contribution in [0.15, 0.2) is 38.9 Å². The van der Waals surface area contributed by atoms with Gasteiger partial charge >= 0.3 is 0 Å². The Morgan fingerprint density at radius 2 is 2.00 bits per heavy atom. The van der Waals surface area contributed by atoms with E-state index < -0.39 is 0 Å². The van der Waals surface area contributed by atoms with Crippen LogP contribution in [0.5, 0.6) is 0 Å². The number of anilines is 1. The molecule has 2 aromatic rings. The van der Waals surface area contributed by atoms with Crippen LogP contribution < -0.4 is 10.2 Å². The smallest absolute Gasteiger partial charge is 0.266 e. The molecule has 0 spiro atoms. The summed E-state index contributed by atoms with van der Waals surface area (Å²) >= 11 is 0. The van der Waals surface area contributed by atoms with Crippen molar-refractivity contribution in [3.63, 3.8) is 0 Å². The van der Waals surface area contributed by atoms with E-state index in [0.717, 1.165) is 45.3 Å². The van der Waals surface area contributed by atoms with E-state index in [4.69, 9.17) is 8.83 Å². The molecule has 4 heterocycles. The molecule has 2 aliphatic rings. The van der Waals surface area contributed by atoms with Gasteiger partial charge in [0.15, 0.2) is 5.76 Å². The van der Waals surface area contributed by atoms with Crippen molar-refractivity contribution in [3.8, 4) is 17.7 Å². The van der Waals surface area contributed by atoms with E-state index in [0.29, 0.717) is 30.6 Å². The second kappa shape index (κ2) is 10.0. The largest absolute Gasteiger partial charge is 0.459 e. The van der Waals surface area contributed by atoms with Crippen molar-refractivity contribution < 1.29 is 13.6 Å². The molecule has 0 bridgehead atoms. The summed E-state index contributed by atoms with van der Waals surface area (Å²) in [6.07, 6.45) is 7.26. The lowest BCUT2D eigenvalue weighted by Gasteiger charge is -2.34. The Morgan fingerprint density at radius 3 is 2.62 bits per heavy atom. The number of nitriles is 1. The zero-order valence-electron chi connectivity index (χ0n) is 18.8. The lowest BCUT2D eigenvalue weighted by Crippen LogP contribution is -2.48. The minimum atomic E-state index is -0.00652. The maximum atomic E-state index is 12.8. The first-order valence-electron chi connectivity index (χ1n) is 11.4. The summed E-state index contributed by atoms with van der Waals surface area (Å²) in [5, 5.41) is 12.7. The van der Waals surface area contributed by atoms with Crippen molar-refractivity contribution in [2.75, 3.05) is 37.6 Å². The fourth-order valence-corrected chi connectivity index (χ4v) is 4.34. The van der Waals surface area contributed by atoms with Gasteiger partial charge in [-0.3, -0.25) is 9.69 Å². The summed E-state index contributed by atoms with van der Waals surface area (Å²) < 4.78 is 11.2. The van der Waals surface area contributed by atoms with Gasteiger partial charge in [0, 0.05) is 44.7 Å². The highest BCUT2D eigenvalue weighted by molar-refractivity contribution is 5.79. The number of nitrogens with one attached hydrogen (secondary N) is 1. The van der Waals surface area contributed by atoms with Gasteiger partial charge in [0.25, 0.3) is 5.89 Å². The van der Waals surface area contributed by atoms with E-state index in [1.165, 1.54) is 5.57 Å². The Morgan fingerprint density at radius 1 is 1.25 bits per heavy atom. The van der Waals surface area contributed by atoms with Crippen molar-refractivity contribution in [1.29, 1.82) is 5.26 Å². The molecule has 2 fully saturated rings.